The highest BCUT2D eigenvalue weighted by molar-refractivity contribution is 9.10. The van der Waals surface area contributed by atoms with Gasteiger partial charge in [-0.25, -0.2) is 9.36 Å². The Morgan fingerprint density at radius 3 is 2.68 bits per heavy atom. The van der Waals surface area contributed by atoms with Gasteiger partial charge >= 0.3 is 5.69 Å². The monoisotopic (exact) mass is 483 g/mol. The second-order valence-corrected chi connectivity index (χ2v) is 8.40. The summed E-state index contributed by atoms with van der Waals surface area (Å²) in [5, 5.41) is 14.1. The Labute approximate surface area is 184 Å². The molecule has 0 fully saturated rings. The third-order valence-corrected chi connectivity index (χ3v) is 6.30. The largest absolute Gasteiger partial charge is 0.497 e. The molecule has 0 saturated carbocycles. The SMILES string of the molecule is COc1ccc2[nH]c3c(c2c1)CC[NH2+][C@@H]3c1c(O)n(-c2ccc(Br)cc2)c(=O)[nH]c1=O. The molecule has 0 saturated heterocycles. The summed E-state index contributed by atoms with van der Waals surface area (Å²) in [6.45, 7) is 0.734. The second-order valence-electron chi connectivity index (χ2n) is 7.49. The van der Waals surface area contributed by atoms with E-state index in [-0.39, 0.29) is 11.4 Å². The van der Waals surface area contributed by atoms with E-state index in [9.17, 15) is 14.7 Å². The summed E-state index contributed by atoms with van der Waals surface area (Å²) in [6, 6.07) is 12.2. The Bertz CT molecular complexity index is 1420. The average molecular weight is 484 g/mol. The number of aromatic amines is 2. The van der Waals surface area contributed by atoms with E-state index in [1.165, 1.54) is 0 Å². The van der Waals surface area contributed by atoms with Crippen LogP contribution in [0.4, 0.5) is 0 Å². The first kappa shape index (κ1) is 19.7. The minimum atomic E-state index is -0.689. The lowest BCUT2D eigenvalue weighted by Crippen LogP contribution is -2.87. The number of fused-ring (bicyclic) bond motifs is 3. The highest BCUT2D eigenvalue weighted by Gasteiger charge is 2.34. The van der Waals surface area contributed by atoms with Crippen molar-refractivity contribution in [3.05, 3.63) is 84.6 Å². The van der Waals surface area contributed by atoms with Crippen molar-refractivity contribution in [3.8, 4) is 17.3 Å². The standard InChI is InChI=1S/C22H19BrN4O4/c1-31-13-6-7-16-15(10-13)14-8-9-24-19(18(14)25-16)17-20(28)26-22(30)27(21(17)29)12-4-2-11(23)3-5-12/h2-7,10,19,24-25,29H,8-9H2,1H3,(H,26,28,30)/p+1/t19-/m1/s1. The van der Waals surface area contributed by atoms with Crippen LogP contribution in [-0.4, -0.2) is 33.3 Å². The number of halogens is 1. The van der Waals surface area contributed by atoms with Crippen molar-refractivity contribution in [2.45, 2.75) is 12.5 Å². The maximum Gasteiger partial charge on any atom is 0.335 e. The molecule has 5 N–H and O–H groups in total. The molecule has 4 aromatic rings. The quantitative estimate of drug-likeness (QED) is 0.354. The number of rotatable bonds is 3. The van der Waals surface area contributed by atoms with Crippen molar-refractivity contribution in [1.82, 2.24) is 14.5 Å². The molecule has 5 rings (SSSR count). The first-order valence-electron chi connectivity index (χ1n) is 9.84. The van der Waals surface area contributed by atoms with E-state index >= 15 is 0 Å². The van der Waals surface area contributed by atoms with Crippen molar-refractivity contribution in [2.75, 3.05) is 13.7 Å². The molecule has 0 bridgehead atoms. The maximum atomic E-state index is 12.8. The normalized spacial score (nSPS) is 15.7. The minimum absolute atomic E-state index is 0.141. The van der Waals surface area contributed by atoms with E-state index in [4.69, 9.17) is 4.74 Å². The van der Waals surface area contributed by atoms with Gasteiger partial charge in [-0.15, -0.1) is 0 Å². The minimum Gasteiger partial charge on any atom is -0.497 e. The maximum absolute atomic E-state index is 12.8. The third kappa shape index (κ3) is 3.17. The Morgan fingerprint density at radius 2 is 1.94 bits per heavy atom. The zero-order valence-electron chi connectivity index (χ0n) is 16.6. The zero-order valence-corrected chi connectivity index (χ0v) is 18.2. The Kier molecular flexibility index (Phi) is 4.71. The van der Waals surface area contributed by atoms with Crippen LogP contribution in [0.25, 0.3) is 16.6 Å². The summed E-state index contributed by atoms with van der Waals surface area (Å²) in [4.78, 5) is 31.2. The summed E-state index contributed by atoms with van der Waals surface area (Å²) in [5.41, 5.74) is 2.18. The van der Waals surface area contributed by atoms with Crippen LogP contribution in [0.3, 0.4) is 0 Å². The number of hydrogen-bond donors (Lipinski definition) is 4. The fourth-order valence-electron chi connectivity index (χ4n) is 4.33. The molecule has 1 atom stereocenters. The molecule has 0 spiro atoms. The summed E-state index contributed by atoms with van der Waals surface area (Å²) < 4.78 is 7.32. The fraction of sp³-hybridized carbons (Fsp3) is 0.182. The van der Waals surface area contributed by atoms with E-state index in [1.807, 2.05) is 23.5 Å². The van der Waals surface area contributed by atoms with Gasteiger partial charge in [0.05, 0.1) is 25.0 Å². The molecule has 0 radical (unpaired) electrons. The number of hydrogen-bond acceptors (Lipinski definition) is 4. The molecule has 3 heterocycles. The lowest BCUT2D eigenvalue weighted by molar-refractivity contribution is -0.690. The van der Waals surface area contributed by atoms with Gasteiger partial charge in [0.15, 0.2) is 6.04 Å². The van der Waals surface area contributed by atoms with Gasteiger partial charge in [0.2, 0.25) is 5.88 Å². The molecule has 8 nitrogen and oxygen atoms in total. The number of nitrogens with two attached hydrogens (primary N) is 1. The molecule has 0 unspecified atom stereocenters. The van der Waals surface area contributed by atoms with Gasteiger partial charge < -0.3 is 20.1 Å². The molecule has 2 aromatic heterocycles. The summed E-state index contributed by atoms with van der Waals surface area (Å²) >= 11 is 3.36. The molecule has 31 heavy (non-hydrogen) atoms. The Balaban J connectivity index is 1.72. The number of ether oxygens (including phenoxy) is 1. The molecular weight excluding hydrogens is 464 g/mol. The number of nitrogens with zero attached hydrogens (tertiary/aromatic N) is 1. The Morgan fingerprint density at radius 1 is 1.16 bits per heavy atom. The van der Waals surface area contributed by atoms with Crippen LogP contribution in [0.15, 0.2) is 56.5 Å². The van der Waals surface area contributed by atoms with Gasteiger partial charge in [0.1, 0.15) is 11.3 Å². The molecule has 1 aliphatic rings. The van der Waals surface area contributed by atoms with Crippen molar-refractivity contribution < 1.29 is 15.2 Å². The van der Waals surface area contributed by atoms with Crippen molar-refractivity contribution in [3.63, 3.8) is 0 Å². The van der Waals surface area contributed by atoms with Crippen LogP contribution >= 0.6 is 15.9 Å². The zero-order chi connectivity index (χ0) is 21.7. The lowest BCUT2D eigenvalue weighted by Gasteiger charge is -2.22. The summed E-state index contributed by atoms with van der Waals surface area (Å²) in [5.74, 6) is 0.395. The van der Waals surface area contributed by atoms with Crippen molar-refractivity contribution >= 4 is 26.8 Å². The number of H-pyrrole nitrogens is 2. The van der Waals surface area contributed by atoms with E-state index in [2.05, 4.69) is 25.9 Å². The topological polar surface area (TPSA) is 117 Å². The fourth-order valence-corrected chi connectivity index (χ4v) is 4.60. The van der Waals surface area contributed by atoms with Gasteiger partial charge in [-0.1, -0.05) is 15.9 Å². The highest BCUT2D eigenvalue weighted by Crippen LogP contribution is 2.34. The van der Waals surface area contributed by atoms with Crippen LogP contribution in [-0.2, 0) is 6.42 Å². The van der Waals surface area contributed by atoms with Crippen LogP contribution in [0.1, 0.15) is 22.9 Å². The van der Waals surface area contributed by atoms with Gasteiger partial charge in [-0.3, -0.25) is 9.78 Å². The summed E-state index contributed by atoms with van der Waals surface area (Å²) in [6.07, 6.45) is 0.810. The Hall–Kier alpha value is -3.30. The number of aromatic nitrogens is 3. The average Bonchev–Trinajstić information content (AvgIpc) is 3.13. The molecule has 158 valence electrons. The lowest BCUT2D eigenvalue weighted by atomic mass is 9.95. The molecule has 0 aliphatic carbocycles. The van der Waals surface area contributed by atoms with Crippen LogP contribution in [0.5, 0.6) is 11.6 Å². The van der Waals surface area contributed by atoms with E-state index in [0.717, 1.165) is 49.9 Å². The van der Waals surface area contributed by atoms with Crippen LogP contribution in [0, 0.1) is 0 Å². The van der Waals surface area contributed by atoms with Gasteiger partial charge in [0.25, 0.3) is 5.56 Å². The number of methoxy groups -OCH3 is 1. The molecule has 2 aromatic carbocycles. The predicted octanol–water partition coefficient (Wildman–Crippen LogP) is 1.69. The van der Waals surface area contributed by atoms with Gasteiger partial charge in [-0.05, 0) is 48.0 Å². The second kappa shape index (κ2) is 7.44. The van der Waals surface area contributed by atoms with E-state index < -0.39 is 17.3 Å². The van der Waals surface area contributed by atoms with E-state index in [1.54, 1.807) is 31.4 Å². The third-order valence-electron chi connectivity index (χ3n) is 5.77. The first-order valence-corrected chi connectivity index (χ1v) is 10.6. The predicted molar refractivity (Wildman–Crippen MR) is 119 cm³/mol. The van der Waals surface area contributed by atoms with Crippen LogP contribution < -0.4 is 21.3 Å². The van der Waals surface area contributed by atoms with Gasteiger partial charge in [-0.2, -0.15) is 0 Å². The number of quaternary nitrogens is 1. The smallest absolute Gasteiger partial charge is 0.335 e. The molecule has 9 heteroatoms. The number of nitrogens with one attached hydrogen (secondary N) is 2. The van der Waals surface area contributed by atoms with Crippen LogP contribution in [0.2, 0.25) is 0 Å². The van der Waals surface area contributed by atoms with Gasteiger partial charge in [0, 0.05) is 21.8 Å². The summed E-state index contributed by atoms with van der Waals surface area (Å²) in [7, 11) is 1.62. The number of benzene rings is 2. The number of aromatic hydroxyl groups is 1. The van der Waals surface area contributed by atoms with E-state index in [0.29, 0.717) is 5.69 Å². The van der Waals surface area contributed by atoms with Crippen molar-refractivity contribution in [1.29, 1.82) is 0 Å². The molecular formula is C22H20BrN4O4+. The highest BCUT2D eigenvalue weighted by atomic mass is 79.9. The van der Waals surface area contributed by atoms with Crippen molar-refractivity contribution in [2.24, 2.45) is 0 Å². The molecule has 1 aliphatic heterocycles. The molecule has 0 amide bonds. The first-order chi connectivity index (χ1) is 15.0.